The number of likely N-dealkylation sites (N-methyl/N-ethyl adjacent to an activating group) is 1. The van der Waals surface area contributed by atoms with Crippen LogP contribution in [0.15, 0.2) is 12.4 Å². The van der Waals surface area contributed by atoms with E-state index in [1.54, 1.807) is 0 Å². The second-order valence-corrected chi connectivity index (χ2v) is 4.96. The van der Waals surface area contributed by atoms with Gasteiger partial charge in [0.15, 0.2) is 0 Å². The molecule has 2 unspecified atom stereocenters. The molecule has 2 heterocycles. The Balaban J connectivity index is 1.69. The predicted octanol–water partition coefficient (Wildman–Crippen LogP) is 0.874. The Morgan fingerprint density at radius 3 is 2.94 bits per heavy atom. The van der Waals surface area contributed by atoms with Gasteiger partial charge in [-0.2, -0.15) is 5.10 Å². The minimum absolute atomic E-state index is 0.650. The van der Waals surface area contributed by atoms with Crippen LogP contribution in [0.5, 0.6) is 0 Å². The molecule has 4 nitrogen and oxygen atoms in total. The quantitative estimate of drug-likeness (QED) is 0.821. The Morgan fingerprint density at radius 2 is 2.38 bits per heavy atom. The van der Waals surface area contributed by atoms with E-state index in [0.29, 0.717) is 12.1 Å². The van der Waals surface area contributed by atoms with Gasteiger partial charge in [-0.15, -0.1) is 0 Å². The molecule has 0 bridgehead atoms. The van der Waals surface area contributed by atoms with Crippen LogP contribution >= 0.6 is 0 Å². The zero-order valence-electron chi connectivity index (χ0n) is 10.5. The SMILES string of the molecule is Cc1cnn(CCNC2CC(C)N(C)C2)c1. The van der Waals surface area contributed by atoms with Crippen LogP contribution in [0.4, 0.5) is 0 Å². The van der Waals surface area contributed by atoms with Crippen LogP contribution < -0.4 is 5.32 Å². The molecule has 0 saturated carbocycles. The summed E-state index contributed by atoms with van der Waals surface area (Å²) in [6, 6.07) is 1.36. The standard InChI is InChI=1S/C12H22N4/c1-10-7-14-16(8-10)5-4-13-12-6-11(2)15(3)9-12/h7-8,11-13H,4-6,9H2,1-3H3. The van der Waals surface area contributed by atoms with Gasteiger partial charge in [-0.25, -0.2) is 0 Å². The molecule has 0 aliphatic carbocycles. The molecule has 4 heteroatoms. The maximum atomic E-state index is 4.28. The zero-order valence-corrected chi connectivity index (χ0v) is 10.5. The number of hydrogen-bond acceptors (Lipinski definition) is 3. The molecule has 1 saturated heterocycles. The van der Waals surface area contributed by atoms with Crippen molar-refractivity contribution in [3.63, 3.8) is 0 Å². The number of nitrogens with zero attached hydrogens (tertiary/aromatic N) is 3. The maximum Gasteiger partial charge on any atom is 0.0534 e. The van der Waals surface area contributed by atoms with E-state index in [0.717, 1.165) is 13.1 Å². The maximum absolute atomic E-state index is 4.28. The van der Waals surface area contributed by atoms with E-state index in [4.69, 9.17) is 0 Å². The Hall–Kier alpha value is -0.870. The molecule has 2 atom stereocenters. The normalized spacial score (nSPS) is 26.4. The van der Waals surface area contributed by atoms with E-state index in [9.17, 15) is 0 Å². The number of nitrogens with one attached hydrogen (secondary N) is 1. The molecule has 1 fully saturated rings. The lowest BCUT2D eigenvalue weighted by Crippen LogP contribution is -2.33. The lowest BCUT2D eigenvalue weighted by Gasteiger charge is -2.13. The first-order chi connectivity index (χ1) is 7.65. The predicted molar refractivity (Wildman–Crippen MR) is 65.5 cm³/mol. The molecule has 0 aromatic carbocycles. The van der Waals surface area contributed by atoms with Crippen molar-refractivity contribution in [3.8, 4) is 0 Å². The summed E-state index contributed by atoms with van der Waals surface area (Å²) in [4.78, 5) is 2.41. The van der Waals surface area contributed by atoms with Crippen LogP contribution in [0.25, 0.3) is 0 Å². The van der Waals surface area contributed by atoms with E-state index in [1.165, 1.54) is 18.5 Å². The fourth-order valence-corrected chi connectivity index (χ4v) is 2.31. The molecule has 0 amide bonds. The van der Waals surface area contributed by atoms with Crippen LogP contribution in [0, 0.1) is 6.92 Å². The summed E-state index contributed by atoms with van der Waals surface area (Å²) in [5.74, 6) is 0. The monoisotopic (exact) mass is 222 g/mol. The first kappa shape index (κ1) is 11.6. The van der Waals surface area contributed by atoms with Gasteiger partial charge >= 0.3 is 0 Å². The highest BCUT2D eigenvalue weighted by Gasteiger charge is 2.25. The summed E-state index contributed by atoms with van der Waals surface area (Å²) in [5, 5.41) is 7.87. The van der Waals surface area contributed by atoms with Gasteiger partial charge in [0.1, 0.15) is 0 Å². The van der Waals surface area contributed by atoms with Crippen molar-refractivity contribution in [2.24, 2.45) is 0 Å². The summed E-state index contributed by atoms with van der Waals surface area (Å²) in [6.45, 7) is 7.50. The number of rotatable bonds is 4. The Labute approximate surface area is 97.6 Å². The Bertz CT molecular complexity index is 324. The highest BCUT2D eigenvalue weighted by molar-refractivity contribution is 4.99. The van der Waals surface area contributed by atoms with Crippen LogP contribution in [-0.4, -0.2) is 46.9 Å². The number of aromatic nitrogens is 2. The molecular formula is C12H22N4. The van der Waals surface area contributed by atoms with Gasteiger partial charge in [-0.1, -0.05) is 0 Å². The first-order valence-electron chi connectivity index (χ1n) is 6.08. The van der Waals surface area contributed by atoms with Crippen molar-refractivity contribution < 1.29 is 0 Å². The molecule has 90 valence electrons. The van der Waals surface area contributed by atoms with E-state index in [1.807, 2.05) is 10.9 Å². The lowest BCUT2D eigenvalue weighted by molar-refractivity contribution is 0.326. The molecule has 16 heavy (non-hydrogen) atoms. The van der Waals surface area contributed by atoms with E-state index >= 15 is 0 Å². The summed E-state index contributed by atoms with van der Waals surface area (Å²) in [6.07, 6.45) is 5.26. The van der Waals surface area contributed by atoms with E-state index in [2.05, 4.69) is 42.4 Å². The smallest absolute Gasteiger partial charge is 0.0534 e. The minimum atomic E-state index is 0.650. The van der Waals surface area contributed by atoms with Gasteiger partial charge < -0.3 is 10.2 Å². The van der Waals surface area contributed by atoms with Crippen molar-refractivity contribution in [2.45, 2.75) is 38.9 Å². The highest BCUT2D eigenvalue weighted by atomic mass is 15.3. The summed E-state index contributed by atoms with van der Waals surface area (Å²) in [7, 11) is 2.20. The van der Waals surface area contributed by atoms with Crippen LogP contribution in [0.3, 0.4) is 0 Å². The van der Waals surface area contributed by atoms with Crippen molar-refractivity contribution in [1.82, 2.24) is 20.0 Å². The number of aryl methyl sites for hydroxylation is 1. The van der Waals surface area contributed by atoms with Gasteiger partial charge in [0.2, 0.25) is 0 Å². The third-order valence-electron chi connectivity index (χ3n) is 3.42. The van der Waals surface area contributed by atoms with Crippen LogP contribution in [0.2, 0.25) is 0 Å². The average molecular weight is 222 g/mol. The highest BCUT2D eigenvalue weighted by Crippen LogP contribution is 2.14. The van der Waals surface area contributed by atoms with Gasteiger partial charge in [0.05, 0.1) is 12.7 Å². The van der Waals surface area contributed by atoms with Crippen molar-refractivity contribution >= 4 is 0 Å². The molecule has 2 rings (SSSR count). The molecule has 1 aromatic rings. The Morgan fingerprint density at radius 1 is 1.56 bits per heavy atom. The largest absolute Gasteiger partial charge is 0.311 e. The van der Waals surface area contributed by atoms with Crippen LogP contribution in [-0.2, 0) is 6.54 Å². The Kier molecular flexibility index (Phi) is 3.61. The minimum Gasteiger partial charge on any atom is -0.311 e. The van der Waals surface area contributed by atoms with E-state index in [-0.39, 0.29) is 0 Å². The summed E-state index contributed by atoms with van der Waals surface area (Å²) in [5.41, 5.74) is 1.23. The lowest BCUT2D eigenvalue weighted by atomic mass is 10.2. The van der Waals surface area contributed by atoms with Gasteiger partial charge in [0.25, 0.3) is 0 Å². The number of likely N-dealkylation sites (tertiary alicyclic amines) is 1. The molecule has 1 aromatic heterocycles. The average Bonchev–Trinajstić information content (AvgIpc) is 2.75. The molecule has 1 aliphatic rings. The zero-order chi connectivity index (χ0) is 11.5. The fourth-order valence-electron chi connectivity index (χ4n) is 2.31. The first-order valence-corrected chi connectivity index (χ1v) is 6.08. The van der Waals surface area contributed by atoms with Crippen LogP contribution in [0.1, 0.15) is 18.9 Å². The van der Waals surface area contributed by atoms with Gasteiger partial charge in [-0.3, -0.25) is 4.68 Å². The molecule has 0 radical (unpaired) electrons. The van der Waals surface area contributed by atoms with Gasteiger partial charge in [0, 0.05) is 31.4 Å². The second-order valence-electron chi connectivity index (χ2n) is 4.96. The summed E-state index contributed by atoms with van der Waals surface area (Å²) < 4.78 is 2.00. The topological polar surface area (TPSA) is 33.1 Å². The third-order valence-corrected chi connectivity index (χ3v) is 3.42. The summed E-state index contributed by atoms with van der Waals surface area (Å²) >= 11 is 0. The van der Waals surface area contributed by atoms with E-state index < -0.39 is 0 Å². The molecule has 0 spiro atoms. The van der Waals surface area contributed by atoms with Crippen molar-refractivity contribution in [2.75, 3.05) is 20.1 Å². The second kappa shape index (κ2) is 4.97. The third kappa shape index (κ3) is 2.83. The number of hydrogen-bond donors (Lipinski definition) is 1. The van der Waals surface area contributed by atoms with Gasteiger partial charge in [-0.05, 0) is 32.9 Å². The molecule has 1 N–H and O–H groups in total. The fraction of sp³-hybridized carbons (Fsp3) is 0.750. The molecule has 1 aliphatic heterocycles. The van der Waals surface area contributed by atoms with Crippen molar-refractivity contribution in [1.29, 1.82) is 0 Å². The molecular weight excluding hydrogens is 200 g/mol. The van der Waals surface area contributed by atoms with Crippen molar-refractivity contribution in [3.05, 3.63) is 18.0 Å².